The van der Waals surface area contributed by atoms with Crippen molar-refractivity contribution in [2.75, 3.05) is 37.7 Å². The minimum atomic E-state index is 0.555. The Morgan fingerprint density at radius 3 is 2.54 bits per heavy atom. The molecule has 0 unspecified atom stereocenters. The Labute approximate surface area is 164 Å². The summed E-state index contributed by atoms with van der Waals surface area (Å²) in [5, 5.41) is 13.3. The maximum atomic E-state index is 5.52. The van der Waals surface area contributed by atoms with Gasteiger partial charge in [0, 0.05) is 44.7 Å². The monoisotopic (exact) mass is 378 g/mol. The molecule has 7 nitrogen and oxygen atoms in total. The average Bonchev–Trinajstić information content (AvgIpc) is 3.49. The number of rotatable bonds is 6. The molecule has 5 rings (SSSR count). The van der Waals surface area contributed by atoms with Gasteiger partial charge in [0.15, 0.2) is 11.5 Å². The van der Waals surface area contributed by atoms with Gasteiger partial charge >= 0.3 is 0 Å². The fraction of sp³-hybridized carbons (Fsp3) is 0.476. The smallest absolute Gasteiger partial charge is 0.179 e. The van der Waals surface area contributed by atoms with E-state index in [-0.39, 0.29) is 0 Å². The maximum absolute atomic E-state index is 5.52. The number of hydrogen-bond acceptors (Lipinski definition) is 6. The van der Waals surface area contributed by atoms with Crippen molar-refractivity contribution in [2.24, 2.45) is 0 Å². The first-order valence-corrected chi connectivity index (χ1v) is 10.2. The number of aromatic nitrogens is 4. The molecule has 1 saturated carbocycles. The quantitative estimate of drug-likeness (QED) is 0.657. The molecule has 0 atom stereocenters. The maximum Gasteiger partial charge on any atom is 0.179 e. The largest absolute Gasteiger partial charge is 0.494 e. The lowest BCUT2D eigenvalue weighted by Gasteiger charge is -2.35. The SMILES string of the molecule is CCOc1ccc(CN2CCN(c3cnn4c(C5CC5)nnc4c3)CC2)cc1. The molecule has 1 saturated heterocycles. The molecule has 0 spiro atoms. The van der Waals surface area contributed by atoms with E-state index in [2.05, 4.69) is 55.4 Å². The van der Waals surface area contributed by atoms with Crippen LogP contribution in [0, 0.1) is 0 Å². The second kappa shape index (κ2) is 7.39. The predicted octanol–water partition coefficient (Wildman–Crippen LogP) is 2.72. The van der Waals surface area contributed by atoms with Gasteiger partial charge in [-0.15, -0.1) is 10.2 Å². The van der Waals surface area contributed by atoms with Gasteiger partial charge < -0.3 is 9.64 Å². The number of anilines is 1. The van der Waals surface area contributed by atoms with Crippen LogP contribution >= 0.6 is 0 Å². The van der Waals surface area contributed by atoms with Crippen molar-refractivity contribution >= 4 is 11.3 Å². The molecular weight excluding hydrogens is 352 g/mol. The summed E-state index contributed by atoms with van der Waals surface area (Å²) < 4.78 is 7.43. The number of fused-ring (bicyclic) bond motifs is 1. The van der Waals surface area contributed by atoms with Gasteiger partial charge in [-0.2, -0.15) is 9.61 Å². The Bertz CT molecular complexity index is 941. The summed E-state index contributed by atoms with van der Waals surface area (Å²) in [5.41, 5.74) is 3.33. The standard InChI is InChI=1S/C21H26N6O/c1-2-28-19-7-3-16(4-8-19)15-25-9-11-26(12-10-25)18-13-20-23-24-21(17-5-6-17)27(20)22-14-18/h3-4,7-8,13-14,17H,2,5-6,9-12,15H2,1H3. The van der Waals surface area contributed by atoms with Gasteiger partial charge in [-0.1, -0.05) is 12.1 Å². The van der Waals surface area contributed by atoms with E-state index in [4.69, 9.17) is 4.74 Å². The van der Waals surface area contributed by atoms with E-state index in [1.807, 2.05) is 17.6 Å². The zero-order chi connectivity index (χ0) is 18.9. The molecule has 1 aliphatic carbocycles. The zero-order valence-electron chi connectivity index (χ0n) is 16.3. The highest BCUT2D eigenvalue weighted by Crippen LogP contribution is 2.38. The van der Waals surface area contributed by atoms with Crippen molar-refractivity contribution in [3.8, 4) is 5.75 Å². The lowest BCUT2D eigenvalue weighted by atomic mass is 10.2. The van der Waals surface area contributed by atoms with Crippen LogP contribution in [0.5, 0.6) is 5.75 Å². The number of ether oxygens (including phenoxy) is 1. The Morgan fingerprint density at radius 2 is 1.82 bits per heavy atom. The highest BCUT2D eigenvalue weighted by molar-refractivity contribution is 5.54. The summed E-state index contributed by atoms with van der Waals surface area (Å²) in [4.78, 5) is 4.90. The lowest BCUT2D eigenvalue weighted by molar-refractivity contribution is 0.249. The number of hydrogen-bond donors (Lipinski definition) is 0. The molecule has 3 heterocycles. The molecule has 1 aliphatic heterocycles. The van der Waals surface area contributed by atoms with E-state index in [9.17, 15) is 0 Å². The Balaban J connectivity index is 1.20. The summed E-state index contributed by atoms with van der Waals surface area (Å²) in [6.07, 6.45) is 4.38. The molecule has 3 aromatic rings. The van der Waals surface area contributed by atoms with Crippen LogP contribution in [-0.4, -0.2) is 57.5 Å². The van der Waals surface area contributed by atoms with Crippen LogP contribution in [0.15, 0.2) is 36.5 Å². The van der Waals surface area contributed by atoms with Crippen molar-refractivity contribution < 1.29 is 4.74 Å². The summed E-state index contributed by atoms with van der Waals surface area (Å²) in [6, 6.07) is 10.6. The number of piperazine rings is 1. The first-order chi connectivity index (χ1) is 13.8. The van der Waals surface area contributed by atoms with E-state index < -0.39 is 0 Å². The second-order valence-electron chi connectivity index (χ2n) is 7.66. The number of nitrogens with zero attached hydrogens (tertiary/aromatic N) is 6. The average molecular weight is 378 g/mol. The van der Waals surface area contributed by atoms with Crippen LogP contribution in [0.4, 0.5) is 5.69 Å². The third-order valence-electron chi connectivity index (χ3n) is 5.59. The second-order valence-corrected chi connectivity index (χ2v) is 7.66. The molecule has 0 bridgehead atoms. The van der Waals surface area contributed by atoms with Crippen molar-refractivity contribution in [1.29, 1.82) is 0 Å². The van der Waals surface area contributed by atoms with Gasteiger partial charge in [-0.3, -0.25) is 4.90 Å². The van der Waals surface area contributed by atoms with Crippen molar-refractivity contribution in [3.63, 3.8) is 0 Å². The van der Waals surface area contributed by atoms with E-state index in [1.54, 1.807) is 0 Å². The highest BCUT2D eigenvalue weighted by atomic mass is 16.5. The van der Waals surface area contributed by atoms with Gasteiger partial charge in [-0.25, -0.2) is 0 Å². The lowest BCUT2D eigenvalue weighted by Crippen LogP contribution is -2.46. The third kappa shape index (κ3) is 3.54. The van der Waals surface area contributed by atoms with Crippen LogP contribution in [0.3, 0.4) is 0 Å². The fourth-order valence-corrected chi connectivity index (χ4v) is 3.85. The van der Waals surface area contributed by atoms with E-state index >= 15 is 0 Å². The molecule has 7 heteroatoms. The minimum absolute atomic E-state index is 0.555. The highest BCUT2D eigenvalue weighted by Gasteiger charge is 2.29. The van der Waals surface area contributed by atoms with Gasteiger partial charge in [0.25, 0.3) is 0 Å². The molecule has 2 aliphatic rings. The molecule has 0 N–H and O–H groups in total. The van der Waals surface area contributed by atoms with E-state index in [0.29, 0.717) is 12.5 Å². The van der Waals surface area contributed by atoms with Gasteiger partial charge in [0.1, 0.15) is 5.75 Å². The molecule has 0 radical (unpaired) electrons. The third-order valence-corrected chi connectivity index (χ3v) is 5.59. The minimum Gasteiger partial charge on any atom is -0.494 e. The van der Waals surface area contributed by atoms with Gasteiger partial charge in [0.05, 0.1) is 18.5 Å². The zero-order valence-corrected chi connectivity index (χ0v) is 16.3. The molecule has 0 amide bonds. The molecule has 28 heavy (non-hydrogen) atoms. The molecule has 1 aromatic carbocycles. The van der Waals surface area contributed by atoms with Crippen LogP contribution in [-0.2, 0) is 6.54 Å². The molecular formula is C21H26N6O. The predicted molar refractivity (Wildman–Crippen MR) is 108 cm³/mol. The van der Waals surface area contributed by atoms with Crippen LogP contribution in [0.2, 0.25) is 0 Å². The van der Waals surface area contributed by atoms with Gasteiger partial charge in [-0.05, 0) is 37.5 Å². The molecule has 146 valence electrons. The Kier molecular flexibility index (Phi) is 4.60. The van der Waals surface area contributed by atoms with Crippen LogP contribution in [0.25, 0.3) is 5.65 Å². The van der Waals surface area contributed by atoms with Crippen molar-refractivity contribution in [3.05, 3.63) is 47.9 Å². The Morgan fingerprint density at radius 1 is 1.04 bits per heavy atom. The number of benzene rings is 1. The Hall–Kier alpha value is -2.67. The summed E-state index contributed by atoms with van der Waals surface area (Å²) in [5.74, 6) is 2.51. The summed E-state index contributed by atoms with van der Waals surface area (Å²) in [7, 11) is 0. The first-order valence-electron chi connectivity index (χ1n) is 10.2. The van der Waals surface area contributed by atoms with E-state index in [0.717, 1.165) is 55.6 Å². The normalized spacial score (nSPS) is 18.0. The summed E-state index contributed by atoms with van der Waals surface area (Å²) in [6.45, 7) is 7.77. The molecule has 2 fully saturated rings. The van der Waals surface area contributed by atoms with Crippen LogP contribution in [0.1, 0.15) is 37.1 Å². The first kappa shape index (κ1) is 17.4. The molecule has 2 aromatic heterocycles. The van der Waals surface area contributed by atoms with Crippen molar-refractivity contribution in [1.82, 2.24) is 24.7 Å². The van der Waals surface area contributed by atoms with Crippen LogP contribution < -0.4 is 9.64 Å². The van der Waals surface area contributed by atoms with Crippen molar-refractivity contribution in [2.45, 2.75) is 32.2 Å². The topological polar surface area (TPSA) is 58.8 Å². The fourth-order valence-electron chi connectivity index (χ4n) is 3.85. The van der Waals surface area contributed by atoms with E-state index in [1.165, 1.54) is 18.4 Å². The van der Waals surface area contributed by atoms with Gasteiger partial charge in [0.2, 0.25) is 0 Å². The summed E-state index contributed by atoms with van der Waals surface area (Å²) >= 11 is 0.